The summed E-state index contributed by atoms with van der Waals surface area (Å²) in [6, 6.07) is 13.3. The van der Waals surface area contributed by atoms with Gasteiger partial charge in [-0.2, -0.15) is 0 Å². The number of benzene rings is 1. The summed E-state index contributed by atoms with van der Waals surface area (Å²) >= 11 is 0. The largest absolute Gasteiger partial charge is 0.443 e. The van der Waals surface area contributed by atoms with Gasteiger partial charge < -0.3 is 25.2 Å². The van der Waals surface area contributed by atoms with Gasteiger partial charge in [-0.05, 0) is 75.5 Å². The summed E-state index contributed by atoms with van der Waals surface area (Å²) in [4.78, 5) is 43.9. The molecule has 2 aromatic rings. The maximum absolute atomic E-state index is 13.7. The molecule has 46 heavy (non-hydrogen) atoms. The molecule has 0 radical (unpaired) electrons. The van der Waals surface area contributed by atoms with Gasteiger partial charge in [-0.15, -0.1) is 0 Å². The number of hydrazine groups is 1. The lowest BCUT2D eigenvalue weighted by Gasteiger charge is -2.48. The van der Waals surface area contributed by atoms with Crippen molar-refractivity contribution in [1.82, 2.24) is 25.6 Å². The zero-order valence-electron chi connectivity index (χ0n) is 27.9. The van der Waals surface area contributed by atoms with Gasteiger partial charge in [0.15, 0.2) is 0 Å². The molecule has 2 heterocycles. The molecule has 1 aromatic carbocycles. The first kappa shape index (κ1) is 35.2. The number of β-amino-alcohol motifs (C(OH)–C–C–N with tert-alkyl or cyclic N) is 1. The molecule has 11 heteroatoms. The molecule has 0 bridgehead atoms. The van der Waals surface area contributed by atoms with Crippen LogP contribution in [0.3, 0.4) is 0 Å². The van der Waals surface area contributed by atoms with Crippen LogP contribution in [0.2, 0.25) is 0 Å². The van der Waals surface area contributed by atoms with Crippen LogP contribution < -0.4 is 10.6 Å². The van der Waals surface area contributed by atoms with Crippen molar-refractivity contribution < 1.29 is 29.0 Å². The van der Waals surface area contributed by atoms with Crippen molar-refractivity contribution in [2.45, 2.75) is 97.1 Å². The lowest BCUT2D eigenvalue weighted by molar-refractivity contribution is -0.129. The van der Waals surface area contributed by atoms with Gasteiger partial charge in [-0.1, -0.05) is 63.1 Å². The van der Waals surface area contributed by atoms with Crippen LogP contribution in [0, 0.1) is 17.8 Å². The van der Waals surface area contributed by atoms with Gasteiger partial charge in [0, 0.05) is 25.8 Å². The molecule has 11 nitrogen and oxygen atoms in total. The Hall–Kier alpha value is -3.70. The fourth-order valence-corrected chi connectivity index (χ4v) is 6.24. The average molecular weight is 638 g/mol. The normalized spacial score (nSPS) is 20.6. The second-order valence-corrected chi connectivity index (χ2v) is 13.9. The third kappa shape index (κ3) is 10.4. The maximum Gasteiger partial charge on any atom is 0.424 e. The molecule has 1 aliphatic carbocycles. The Labute approximate surface area is 273 Å². The molecule has 1 saturated carbocycles. The first-order valence-electron chi connectivity index (χ1n) is 16.5. The molecular formula is C35H51N5O6. The fraction of sp³-hybridized carbons (Fsp3) is 0.600. The lowest BCUT2D eigenvalue weighted by atomic mass is 9.77. The number of nitrogens with zero attached hydrogens (tertiary/aromatic N) is 3. The number of aliphatic hydroxyl groups excluding tert-OH is 1. The number of carbonyl (C=O) groups excluding carboxylic acids is 3. The summed E-state index contributed by atoms with van der Waals surface area (Å²) in [5, 5.41) is 21.0. The Morgan fingerprint density at radius 3 is 2.28 bits per heavy atom. The zero-order chi connectivity index (χ0) is 33.3. The third-order valence-electron chi connectivity index (χ3n) is 8.65. The lowest BCUT2D eigenvalue weighted by Crippen LogP contribution is -2.62. The topological polar surface area (TPSA) is 133 Å². The van der Waals surface area contributed by atoms with E-state index in [2.05, 4.69) is 15.6 Å². The van der Waals surface area contributed by atoms with E-state index in [0.29, 0.717) is 37.0 Å². The molecule has 2 fully saturated rings. The van der Waals surface area contributed by atoms with Gasteiger partial charge in [-0.3, -0.25) is 9.78 Å². The number of carbonyl (C=O) groups is 3. The van der Waals surface area contributed by atoms with Gasteiger partial charge in [0.25, 0.3) is 0 Å². The Kier molecular flexibility index (Phi) is 12.4. The van der Waals surface area contributed by atoms with Crippen LogP contribution in [-0.4, -0.2) is 81.6 Å². The minimum atomic E-state index is -1.03. The predicted octanol–water partition coefficient (Wildman–Crippen LogP) is 4.69. The number of aliphatic hydroxyl groups is 1. The van der Waals surface area contributed by atoms with E-state index in [9.17, 15) is 19.5 Å². The van der Waals surface area contributed by atoms with Gasteiger partial charge in [0.2, 0.25) is 5.91 Å². The van der Waals surface area contributed by atoms with Gasteiger partial charge in [-0.25, -0.2) is 19.6 Å². The minimum Gasteiger partial charge on any atom is -0.443 e. The number of amides is 3. The van der Waals surface area contributed by atoms with Crippen LogP contribution in [0.15, 0.2) is 54.7 Å². The smallest absolute Gasteiger partial charge is 0.424 e. The number of rotatable bonds is 11. The van der Waals surface area contributed by atoms with E-state index in [-0.39, 0.29) is 19.1 Å². The molecule has 4 rings (SSSR count). The van der Waals surface area contributed by atoms with E-state index < -0.39 is 41.9 Å². The fourth-order valence-electron chi connectivity index (χ4n) is 6.24. The molecular weight excluding hydrogens is 586 g/mol. The number of alkyl carbamates (subject to hydrolysis) is 1. The van der Waals surface area contributed by atoms with Crippen LogP contribution in [-0.2, 0) is 27.3 Å². The Bertz CT molecular complexity index is 1270. The van der Waals surface area contributed by atoms with Crippen LogP contribution >= 0.6 is 0 Å². The maximum atomic E-state index is 13.7. The second-order valence-electron chi connectivity index (χ2n) is 13.9. The number of hydrogen-bond acceptors (Lipinski definition) is 8. The van der Waals surface area contributed by atoms with E-state index in [0.717, 1.165) is 31.2 Å². The molecule has 2 aliphatic rings. The number of fused-ring (bicyclic) bond motifs is 1. The Morgan fingerprint density at radius 1 is 0.978 bits per heavy atom. The predicted molar refractivity (Wildman–Crippen MR) is 174 cm³/mol. The summed E-state index contributed by atoms with van der Waals surface area (Å²) in [6.45, 7) is 10.5. The van der Waals surface area contributed by atoms with Crippen LogP contribution in [0.5, 0.6) is 0 Å². The number of pyridine rings is 1. The van der Waals surface area contributed by atoms with Gasteiger partial charge >= 0.3 is 12.2 Å². The van der Waals surface area contributed by atoms with Crippen LogP contribution in [0.25, 0.3) is 0 Å². The summed E-state index contributed by atoms with van der Waals surface area (Å²) < 4.78 is 11.1. The first-order chi connectivity index (χ1) is 21.9. The molecule has 1 aliphatic heterocycles. The van der Waals surface area contributed by atoms with Crippen molar-refractivity contribution in [3.8, 4) is 0 Å². The van der Waals surface area contributed by atoms with Crippen molar-refractivity contribution in [3.63, 3.8) is 0 Å². The molecule has 0 spiro atoms. The molecule has 252 valence electrons. The highest BCUT2D eigenvalue weighted by molar-refractivity contribution is 5.86. The molecule has 1 saturated heterocycles. The van der Waals surface area contributed by atoms with Crippen molar-refractivity contribution in [1.29, 1.82) is 0 Å². The average Bonchev–Trinajstić information content (AvgIpc) is 3.02. The molecule has 3 unspecified atom stereocenters. The third-order valence-corrected chi connectivity index (χ3v) is 8.65. The Morgan fingerprint density at radius 2 is 1.65 bits per heavy atom. The van der Waals surface area contributed by atoms with Crippen LogP contribution in [0.1, 0.15) is 71.6 Å². The summed E-state index contributed by atoms with van der Waals surface area (Å²) in [6.07, 6.45) is 4.24. The molecule has 1 aromatic heterocycles. The summed E-state index contributed by atoms with van der Waals surface area (Å²) in [5.41, 5.74) is 0.865. The number of ether oxygens (including phenoxy) is 2. The highest BCUT2D eigenvalue weighted by atomic mass is 16.6. The van der Waals surface area contributed by atoms with Crippen LogP contribution in [0.4, 0.5) is 9.59 Å². The molecule has 3 N–H and O–H groups in total. The van der Waals surface area contributed by atoms with Crippen molar-refractivity contribution in [2.24, 2.45) is 17.8 Å². The van der Waals surface area contributed by atoms with E-state index in [1.54, 1.807) is 29.4 Å². The highest BCUT2D eigenvalue weighted by Gasteiger charge is 2.41. The van der Waals surface area contributed by atoms with E-state index >= 15 is 0 Å². The van der Waals surface area contributed by atoms with E-state index in [1.807, 2.05) is 70.0 Å². The quantitative estimate of drug-likeness (QED) is 0.323. The highest BCUT2D eigenvalue weighted by Crippen LogP contribution is 2.36. The van der Waals surface area contributed by atoms with Gasteiger partial charge in [0.1, 0.15) is 18.2 Å². The van der Waals surface area contributed by atoms with Crippen molar-refractivity contribution >= 4 is 18.1 Å². The van der Waals surface area contributed by atoms with Crippen molar-refractivity contribution in [2.75, 3.05) is 19.6 Å². The van der Waals surface area contributed by atoms with Crippen molar-refractivity contribution in [3.05, 3.63) is 66.0 Å². The number of hydrogen-bond donors (Lipinski definition) is 3. The summed E-state index contributed by atoms with van der Waals surface area (Å²) in [7, 11) is 0. The zero-order valence-corrected chi connectivity index (χ0v) is 27.9. The molecule has 3 amide bonds. The first-order valence-corrected chi connectivity index (χ1v) is 16.5. The minimum absolute atomic E-state index is 0.0275. The van der Waals surface area contributed by atoms with E-state index in [1.165, 1.54) is 0 Å². The molecule has 5 atom stereocenters. The SMILES string of the molecule is CC(C)[C@H](NC(=O)OCc1ccccn1)C(=O)N[C@@H](Cc1ccccc1)C(O)CN1CC2CCCCC2CN1C(=O)OC(C)(C)C. The summed E-state index contributed by atoms with van der Waals surface area (Å²) in [5.74, 6) is 0.128. The van der Waals surface area contributed by atoms with E-state index in [4.69, 9.17) is 9.47 Å². The Balaban J connectivity index is 1.48. The standard InChI is InChI=1S/C35H51N5O6/c1-24(2)31(38-33(43)45-23-28-17-11-12-18-36-28)32(42)37-29(19-25-13-7-6-8-14-25)30(41)22-39-20-26-15-9-10-16-27(26)21-40(39)34(44)46-35(3,4)5/h6-8,11-14,17-18,24,26-27,29-31,41H,9-10,15-16,19-23H2,1-5H3,(H,37,42)(H,38,43)/t26?,27?,29-,30?,31-/m0/s1. The number of nitrogens with one attached hydrogen (secondary N) is 2. The number of aromatic nitrogens is 1. The second kappa shape index (κ2) is 16.2. The van der Waals surface area contributed by atoms with Gasteiger partial charge in [0.05, 0.1) is 17.8 Å². The monoisotopic (exact) mass is 637 g/mol.